The number of hydrogen-bond acceptors (Lipinski definition) is 8. The SMILES string of the molecule is COc1ccc(S(=O)(=O)NNC(=O)c2csc(N3CCOCC3)n2)cc1Br. The van der Waals surface area contributed by atoms with Crippen molar-refractivity contribution in [1.82, 2.24) is 15.2 Å². The second-order valence-electron chi connectivity index (χ2n) is 5.47. The zero-order valence-electron chi connectivity index (χ0n) is 14.3. The highest BCUT2D eigenvalue weighted by Gasteiger charge is 2.20. The van der Waals surface area contributed by atoms with E-state index in [-0.39, 0.29) is 10.6 Å². The van der Waals surface area contributed by atoms with E-state index < -0.39 is 15.9 Å². The number of halogens is 1. The molecule has 1 aliphatic heterocycles. The van der Waals surface area contributed by atoms with E-state index in [4.69, 9.17) is 9.47 Å². The Morgan fingerprint density at radius 1 is 1.37 bits per heavy atom. The highest BCUT2D eigenvalue weighted by atomic mass is 79.9. The highest BCUT2D eigenvalue weighted by Crippen LogP contribution is 2.27. The molecule has 27 heavy (non-hydrogen) atoms. The van der Waals surface area contributed by atoms with E-state index in [0.717, 1.165) is 0 Å². The van der Waals surface area contributed by atoms with Crippen molar-refractivity contribution in [2.24, 2.45) is 0 Å². The molecule has 3 rings (SSSR count). The minimum absolute atomic E-state index is 0.0252. The third-order valence-electron chi connectivity index (χ3n) is 3.74. The fourth-order valence-corrected chi connectivity index (χ4v) is 4.74. The number of carbonyl (C=O) groups is 1. The Morgan fingerprint density at radius 3 is 2.78 bits per heavy atom. The Kier molecular flexibility index (Phi) is 6.32. The van der Waals surface area contributed by atoms with Crippen LogP contribution in [0.5, 0.6) is 5.75 Å². The average molecular weight is 477 g/mol. The average Bonchev–Trinajstić information content (AvgIpc) is 3.17. The molecule has 2 N–H and O–H groups in total. The van der Waals surface area contributed by atoms with Gasteiger partial charge in [0.2, 0.25) is 0 Å². The molecule has 0 aliphatic carbocycles. The predicted octanol–water partition coefficient (Wildman–Crippen LogP) is 1.37. The summed E-state index contributed by atoms with van der Waals surface area (Å²) in [5.74, 6) is -0.141. The number of carbonyl (C=O) groups excluding carboxylic acids is 1. The molecule has 1 amide bonds. The van der Waals surface area contributed by atoms with Crippen molar-refractivity contribution < 1.29 is 22.7 Å². The van der Waals surface area contributed by atoms with Crippen LogP contribution >= 0.6 is 27.3 Å². The number of rotatable bonds is 6. The Morgan fingerprint density at radius 2 is 2.11 bits per heavy atom. The van der Waals surface area contributed by atoms with Crippen LogP contribution in [-0.4, -0.2) is 52.7 Å². The Balaban J connectivity index is 1.64. The van der Waals surface area contributed by atoms with Crippen LogP contribution in [0.15, 0.2) is 32.9 Å². The molecule has 2 aromatic rings. The molecule has 0 bridgehead atoms. The first-order valence-electron chi connectivity index (χ1n) is 7.84. The first kappa shape index (κ1) is 20.0. The number of anilines is 1. The minimum Gasteiger partial charge on any atom is -0.496 e. The van der Waals surface area contributed by atoms with E-state index in [2.05, 4.69) is 31.2 Å². The summed E-state index contributed by atoms with van der Waals surface area (Å²) in [5, 5.41) is 2.28. The molecule has 0 saturated carbocycles. The molecule has 12 heteroatoms. The first-order chi connectivity index (χ1) is 12.9. The van der Waals surface area contributed by atoms with Gasteiger partial charge in [-0.15, -0.1) is 16.2 Å². The standard InChI is InChI=1S/C15H17BrN4O5S2/c1-24-13-3-2-10(8-11(13)16)27(22,23)19-18-14(21)12-9-26-15(17-12)20-4-6-25-7-5-20/h2-3,8-9,19H,4-7H2,1H3,(H,18,21). The van der Waals surface area contributed by atoms with Crippen molar-refractivity contribution in [1.29, 1.82) is 0 Å². The number of thiazole rings is 1. The fraction of sp³-hybridized carbons (Fsp3) is 0.333. The van der Waals surface area contributed by atoms with Gasteiger partial charge in [0.25, 0.3) is 15.9 Å². The second-order valence-corrected chi connectivity index (χ2v) is 8.84. The maximum absolute atomic E-state index is 12.3. The summed E-state index contributed by atoms with van der Waals surface area (Å²) in [6.07, 6.45) is 0. The summed E-state index contributed by atoms with van der Waals surface area (Å²) in [6.45, 7) is 2.62. The number of amides is 1. The lowest BCUT2D eigenvalue weighted by molar-refractivity contribution is 0.0940. The third-order valence-corrected chi connectivity index (χ3v) is 6.51. The largest absolute Gasteiger partial charge is 0.496 e. The summed E-state index contributed by atoms with van der Waals surface area (Å²) < 4.78 is 35.5. The third kappa shape index (κ3) is 4.76. The zero-order chi connectivity index (χ0) is 19.4. The molecule has 1 saturated heterocycles. The molecule has 1 aromatic carbocycles. The zero-order valence-corrected chi connectivity index (χ0v) is 17.5. The van der Waals surface area contributed by atoms with Gasteiger partial charge in [0.1, 0.15) is 11.4 Å². The Labute approximate surface area is 168 Å². The molecule has 146 valence electrons. The van der Waals surface area contributed by atoms with Crippen molar-refractivity contribution in [2.45, 2.75) is 4.90 Å². The maximum Gasteiger partial charge on any atom is 0.285 e. The van der Waals surface area contributed by atoms with Gasteiger partial charge < -0.3 is 14.4 Å². The topological polar surface area (TPSA) is 110 Å². The van der Waals surface area contributed by atoms with Crippen LogP contribution in [0.4, 0.5) is 5.13 Å². The van der Waals surface area contributed by atoms with Gasteiger partial charge in [-0.1, -0.05) is 0 Å². The summed E-state index contributed by atoms with van der Waals surface area (Å²) in [5.41, 5.74) is 2.32. The minimum atomic E-state index is -3.94. The first-order valence-corrected chi connectivity index (χ1v) is 11.0. The second kappa shape index (κ2) is 8.52. The molecule has 2 heterocycles. The van der Waals surface area contributed by atoms with Gasteiger partial charge in [-0.3, -0.25) is 10.2 Å². The number of nitrogens with one attached hydrogen (secondary N) is 2. The lowest BCUT2D eigenvalue weighted by atomic mass is 10.3. The van der Waals surface area contributed by atoms with Gasteiger partial charge in [0.15, 0.2) is 5.13 Å². The van der Waals surface area contributed by atoms with Crippen LogP contribution in [0, 0.1) is 0 Å². The maximum atomic E-state index is 12.3. The van der Waals surface area contributed by atoms with Crippen LogP contribution < -0.4 is 19.9 Å². The lowest BCUT2D eigenvalue weighted by Crippen LogP contribution is -2.41. The number of methoxy groups -OCH3 is 1. The lowest BCUT2D eigenvalue weighted by Gasteiger charge is -2.25. The van der Waals surface area contributed by atoms with Gasteiger partial charge in [0, 0.05) is 18.5 Å². The monoisotopic (exact) mass is 476 g/mol. The Bertz CT molecular complexity index is 928. The highest BCUT2D eigenvalue weighted by molar-refractivity contribution is 9.10. The number of nitrogens with zero attached hydrogens (tertiary/aromatic N) is 2. The van der Waals surface area contributed by atoms with Crippen molar-refractivity contribution in [3.05, 3.63) is 33.7 Å². The predicted molar refractivity (Wildman–Crippen MR) is 104 cm³/mol. The van der Waals surface area contributed by atoms with Crippen molar-refractivity contribution in [3.8, 4) is 5.75 Å². The number of hydrazine groups is 1. The summed E-state index contributed by atoms with van der Waals surface area (Å²) >= 11 is 4.55. The summed E-state index contributed by atoms with van der Waals surface area (Å²) in [6, 6.07) is 4.26. The number of benzene rings is 1. The van der Waals surface area contributed by atoms with Crippen LogP contribution in [0.1, 0.15) is 10.5 Å². The summed E-state index contributed by atoms with van der Waals surface area (Å²) in [7, 11) is -2.47. The van der Waals surface area contributed by atoms with E-state index in [1.165, 1.54) is 36.6 Å². The van der Waals surface area contributed by atoms with Crippen LogP contribution in [-0.2, 0) is 14.8 Å². The molecule has 9 nitrogen and oxygen atoms in total. The molecular weight excluding hydrogens is 460 g/mol. The molecule has 1 fully saturated rings. The summed E-state index contributed by atoms with van der Waals surface area (Å²) in [4.78, 5) is 20.5. The normalized spacial score (nSPS) is 14.8. The molecule has 1 aliphatic rings. The number of aromatic nitrogens is 1. The van der Waals surface area contributed by atoms with Gasteiger partial charge in [0.05, 0.1) is 29.7 Å². The number of morpholine rings is 1. The molecule has 0 radical (unpaired) electrons. The smallest absolute Gasteiger partial charge is 0.285 e. The molecule has 1 aromatic heterocycles. The Hall–Kier alpha value is -1.73. The van der Waals surface area contributed by atoms with Gasteiger partial charge >= 0.3 is 0 Å². The number of sulfonamides is 1. The van der Waals surface area contributed by atoms with Crippen molar-refractivity contribution >= 4 is 48.3 Å². The molecular formula is C15H17BrN4O5S2. The molecule has 0 spiro atoms. The quantitative estimate of drug-likeness (QED) is 0.605. The van der Waals surface area contributed by atoms with Crippen molar-refractivity contribution in [3.63, 3.8) is 0 Å². The van der Waals surface area contributed by atoms with Gasteiger partial charge in [-0.05, 0) is 34.1 Å². The van der Waals surface area contributed by atoms with Gasteiger partial charge in [-0.25, -0.2) is 13.4 Å². The van der Waals surface area contributed by atoms with Crippen LogP contribution in [0.25, 0.3) is 0 Å². The van der Waals surface area contributed by atoms with E-state index in [9.17, 15) is 13.2 Å². The molecule has 0 unspecified atom stereocenters. The number of hydrogen-bond donors (Lipinski definition) is 2. The van der Waals surface area contributed by atoms with Crippen LogP contribution in [0.3, 0.4) is 0 Å². The molecule has 0 atom stereocenters. The van der Waals surface area contributed by atoms with E-state index >= 15 is 0 Å². The number of ether oxygens (including phenoxy) is 2. The van der Waals surface area contributed by atoms with Crippen LogP contribution in [0.2, 0.25) is 0 Å². The van der Waals surface area contributed by atoms with E-state index in [0.29, 0.717) is 41.7 Å². The van der Waals surface area contributed by atoms with E-state index in [1.807, 2.05) is 4.90 Å². The van der Waals surface area contributed by atoms with E-state index in [1.54, 1.807) is 5.38 Å². The van der Waals surface area contributed by atoms with Gasteiger partial charge in [-0.2, -0.15) is 0 Å². The fourth-order valence-electron chi connectivity index (χ4n) is 2.32. The van der Waals surface area contributed by atoms with Crippen molar-refractivity contribution in [2.75, 3.05) is 38.3 Å².